The minimum Gasteiger partial charge on any atom is -0.384 e. The molecule has 2 aliphatic rings. The van der Waals surface area contributed by atoms with Gasteiger partial charge < -0.3 is 35.2 Å². The average Bonchev–Trinajstić information content (AvgIpc) is 3.91. The van der Waals surface area contributed by atoms with Gasteiger partial charge in [0.25, 0.3) is 0 Å². The third kappa shape index (κ3) is 8.51. The number of nitrogens with one attached hydrogen (secondary N) is 1. The molecule has 0 saturated carbocycles. The van der Waals surface area contributed by atoms with E-state index in [-0.39, 0.29) is 44.0 Å². The Morgan fingerprint density at radius 1 is 0.923 bits per heavy atom. The van der Waals surface area contributed by atoms with Crippen molar-refractivity contribution in [1.82, 2.24) is 43.5 Å². The van der Waals surface area contributed by atoms with E-state index >= 15 is 0 Å². The lowest BCUT2D eigenvalue weighted by Gasteiger charge is -2.27. The molecule has 0 spiro atoms. The highest BCUT2D eigenvalue weighted by atomic mass is 32.2. The molecule has 4 unspecified atom stereocenters. The Morgan fingerprint density at radius 2 is 1.50 bits per heavy atom. The van der Waals surface area contributed by atoms with Crippen LogP contribution in [-0.4, -0.2) is 117 Å². The molecule has 0 bridgehead atoms. The summed E-state index contributed by atoms with van der Waals surface area (Å²) >= 11 is 0. The summed E-state index contributed by atoms with van der Waals surface area (Å²) in [5, 5.41) is 0. The summed E-state index contributed by atoms with van der Waals surface area (Å²) in [4.78, 5) is 25.2. The van der Waals surface area contributed by atoms with Crippen LogP contribution in [0, 0.1) is 0 Å². The molecule has 52 heavy (non-hydrogen) atoms. The van der Waals surface area contributed by atoms with Gasteiger partial charge in [0.05, 0.1) is 50.4 Å². The van der Waals surface area contributed by atoms with Crippen molar-refractivity contribution >= 4 is 51.7 Å². The lowest BCUT2D eigenvalue weighted by atomic mass is 10.2. The number of anilines is 2. The summed E-state index contributed by atoms with van der Waals surface area (Å²) in [6, 6.07) is 0. The highest BCUT2D eigenvalue weighted by Crippen LogP contribution is 2.50. The standard InChI is InChI=1S/C29H44N11O10PS/c1-5-17(3)46-11-20-19(10-23(48-20)40-16-37-25-27(31)33-14-35-29(25)40)50-51(41,38-52(42,43)8-7-44-4)47-12-21-18(45-6-2)9-22(49-21)39-15-36-24-26(30)32-13-34-28(24)39/h13-23H,5-12H2,1-4H3,(H,38,41)(H2,30,32,34)(H2,31,33,35)/t17?,18-,19-,20?,21?,22-,23-,51?/m1/s1. The lowest BCUT2D eigenvalue weighted by Crippen LogP contribution is -2.35. The minimum absolute atomic E-state index is 0.0448. The van der Waals surface area contributed by atoms with E-state index in [1.54, 1.807) is 9.13 Å². The van der Waals surface area contributed by atoms with Gasteiger partial charge >= 0.3 is 7.75 Å². The molecule has 0 aromatic carbocycles. The molecule has 0 radical (unpaired) electrons. The predicted molar refractivity (Wildman–Crippen MR) is 185 cm³/mol. The van der Waals surface area contributed by atoms with Gasteiger partial charge in [-0.2, -0.15) is 0 Å². The Balaban J connectivity index is 1.25. The van der Waals surface area contributed by atoms with Crippen molar-refractivity contribution in [3.8, 4) is 0 Å². The number of imidazole rings is 2. The van der Waals surface area contributed by atoms with Gasteiger partial charge in [-0.25, -0.2) is 42.9 Å². The molecule has 2 saturated heterocycles. The Labute approximate surface area is 299 Å². The predicted octanol–water partition coefficient (Wildman–Crippen LogP) is 1.70. The fourth-order valence-electron chi connectivity index (χ4n) is 5.92. The van der Waals surface area contributed by atoms with Gasteiger partial charge in [0.2, 0.25) is 10.0 Å². The maximum Gasteiger partial charge on any atom is 0.419 e. The zero-order valence-electron chi connectivity index (χ0n) is 29.2. The van der Waals surface area contributed by atoms with Gasteiger partial charge in [-0.05, 0) is 20.3 Å². The van der Waals surface area contributed by atoms with Gasteiger partial charge in [-0.1, -0.05) is 6.92 Å². The third-order valence-corrected chi connectivity index (χ3v) is 12.5. The van der Waals surface area contributed by atoms with Gasteiger partial charge in [0.15, 0.2) is 22.9 Å². The summed E-state index contributed by atoms with van der Waals surface area (Å²) in [5.41, 5.74) is 13.6. The maximum absolute atomic E-state index is 14.6. The van der Waals surface area contributed by atoms with E-state index in [1.807, 2.05) is 20.8 Å². The first kappa shape index (κ1) is 38.3. The first-order valence-corrected chi connectivity index (χ1v) is 20.0. The number of aromatic nitrogens is 8. The van der Waals surface area contributed by atoms with Gasteiger partial charge in [0.1, 0.15) is 54.5 Å². The molecule has 5 N–H and O–H groups in total. The number of nitrogen functional groups attached to an aromatic ring is 2. The zero-order valence-corrected chi connectivity index (χ0v) is 30.9. The van der Waals surface area contributed by atoms with Crippen LogP contribution in [0.1, 0.15) is 52.5 Å². The monoisotopic (exact) mass is 769 g/mol. The molecule has 0 aliphatic carbocycles. The summed E-state index contributed by atoms with van der Waals surface area (Å²) in [6.07, 6.45) is 2.25. The van der Waals surface area contributed by atoms with E-state index in [0.29, 0.717) is 35.4 Å². The van der Waals surface area contributed by atoms with E-state index in [0.717, 1.165) is 6.42 Å². The van der Waals surface area contributed by atoms with E-state index in [4.69, 9.17) is 44.2 Å². The van der Waals surface area contributed by atoms with Gasteiger partial charge in [-0.3, -0.25) is 18.2 Å². The van der Waals surface area contributed by atoms with Crippen LogP contribution in [0.2, 0.25) is 0 Å². The molecule has 2 fully saturated rings. The number of nitrogens with two attached hydrogens (primary N) is 2. The van der Waals surface area contributed by atoms with Crippen LogP contribution in [-0.2, 0) is 47.3 Å². The maximum atomic E-state index is 14.6. The first-order valence-electron chi connectivity index (χ1n) is 16.8. The molecule has 4 aromatic heterocycles. The quantitative estimate of drug-likeness (QED) is 0.122. The highest BCUT2D eigenvalue weighted by Gasteiger charge is 2.46. The molecule has 0 amide bonds. The van der Waals surface area contributed by atoms with Crippen LogP contribution in [0.25, 0.3) is 22.3 Å². The number of nitrogens with zero attached hydrogens (tertiary/aromatic N) is 8. The topological polar surface area (TPSA) is 267 Å². The van der Waals surface area contributed by atoms with Crippen molar-refractivity contribution in [2.45, 2.75) is 83.0 Å². The van der Waals surface area contributed by atoms with E-state index in [9.17, 15) is 13.0 Å². The van der Waals surface area contributed by atoms with Crippen molar-refractivity contribution in [3.63, 3.8) is 0 Å². The molecule has 21 nitrogen and oxygen atoms in total. The third-order valence-electron chi connectivity index (χ3n) is 8.75. The van der Waals surface area contributed by atoms with Crippen molar-refractivity contribution < 1.29 is 45.7 Å². The molecule has 4 aromatic rings. The smallest absolute Gasteiger partial charge is 0.384 e. The molecule has 23 heteroatoms. The van der Waals surface area contributed by atoms with E-state index < -0.39 is 60.4 Å². The Kier molecular flexibility index (Phi) is 12.0. The van der Waals surface area contributed by atoms with Crippen LogP contribution in [0.3, 0.4) is 0 Å². The number of hydrogen-bond donors (Lipinski definition) is 3. The van der Waals surface area contributed by atoms with Crippen molar-refractivity contribution in [2.24, 2.45) is 0 Å². The number of hydrogen-bond acceptors (Lipinski definition) is 18. The molecule has 2 aliphatic heterocycles. The molecular formula is C29H44N11O10PS. The second-order valence-corrected chi connectivity index (χ2v) is 16.1. The second kappa shape index (κ2) is 16.3. The highest BCUT2D eigenvalue weighted by molar-refractivity contribution is 7.94. The second-order valence-electron chi connectivity index (χ2n) is 12.3. The Morgan fingerprint density at radius 3 is 2.06 bits per heavy atom. The van der Waals surface area contributed by atoms with Gasteiger partial charge in [-0.15, -0.1) is 4.49 Å². The summed E-state index contributed by atoms with van der Waals surface area (Å²) in [7, 11) is -7.59. The number of fused-ring (bicyclic) bond motifs is 2. The van der Waals surface area contributed by atoms with Crippen LogP contribution < -0.4 is 16.0 Å². The minimum atomic E-state index is -4.70. The Hall–Kier alpha value is -3.44. The summed E-state index contributed by atoms with van der Waals surface area (Å²) in [5.74, 6) is -0.101. The molecule has 286 valence electrons. The van der Waals surface area contributed by atoms with Gasteiger partial charge in [0, 0.05) is 26.6 Å². The van der Waals surface area contributed by atoms with Crippen LogP contribution >= 0.6 is 7.75 Å². The van der Waals surface area contributed by atoms with Crippen molar-refractivity contribution in [3.05, 3.63) is 25.3 Å². The fraction of sp³-hybridized carbons (Fsp3) is 0.655. The fourth-order valence-corrected chi connectivity index (χ4v) is 9.40. The molecule has 6 heterocycles. The largest absolute Gasteiger partial charge is 0.419 e. The van der Waals surface area contributed by atoms with E-state index in [1.165, 1.54) is 32.4 Å². The SMILES string of the molecule is CCO[C@@H]1C[C@H](n2cnc3c(N)ncnc32)OC1COP(=O)(NS(=O)(=O)CCOC)O[C@@H]1C[C@H](n2cnc3c(N)ncnc32)OC1COC(C)CC. The first-order chi connectivity index (χ1) is 24.9. The molecule has 6 rings (SSSR count). The molecule has 8 atom stereocenters. The number of rotatable bonds is 18. The van der Waals surface area contributed by atoms with E-state index in [2.05, 4.69) is 34.4 Å². The zero-order chi connectivity index (χ0) is 37.0. The molecular weight excluding hydrogens is 725 g/mol. The number of ether oxygens (including phenoxy) is 5. The normalized spacial score (nSPS) is 25.6. The lowest BCUT2D eigenvalue weighted by molar-refractivity contribution is -0.0770. The number of sulfonamides is 1. The van der Waals surface area contributed by atoms with Crippen LogP contribution in [0.5, 0.6) is 0 Å². The van der Waals surface area contributed by atoms with Crippen LogP contribution in [0.4, 0.5) is 11.6 Å². The Bertz CT molecular complexity index is 1980. The number of methoxy groups -OCH3 is 1. The summed E-state index contributed by atoms with van der Waals surface area (Å²) in [6.45, 7) is 5.55. The van der Waals surface area contributed by atoms with Crippen molar-refractivity contribution in [2.75, 3.05) is 50.8 Å². The van der Waals surface area contributed by atoms with Crippen molar-refractivity contribution in [1.29, 1.82) is 0 Å². The van der Waals surface area contributed by atoms with Crippen LogP contribution in [0.15, 0.2) is 25.3 Å². The average molecular weight is 770 g/mol. The summed E-state index contributed by atoms with van der Waals surface area (Å²) < 4.78 is 88.1.